The van der Waals surface area contributed by atoms with Crippen LogP contribution >= 0.6 is 24.2 Å². The molecule has 77 valence electrons. The van der Waals surface area contributed by atoms with Crippen LogP contribution < -0.4 is 4.74 Å². The average Bonchev–Trinajstić information content (AvgIpc) is 2.25. The summed E-state index contributed by atoms with van der Waals surface area (Å²) in [6.45, 7) is 0. The van der Waals surface area contributed by atoms with E-state index in [1.807, 2.05) is 36.4 Å². The van der Waals surface area contributed by atoms with Gasteiger partial charge in [-0.05, 0) is 48.5 Å². The van der Waals surface area contributed by atoms with E-state index in [9.17, 15) is 0 Å². The number of rotatable bonds is 2. The predicted octanol–water partition coefficient (Wildman–Crippen LogP) is 4.04. The van der Waals surface area contributed by atoms with Gasteiger partial charge in [-0.3, -0.25) is 0 Å². The van der Waals surface area contributed by atoms with E-state index >= 15 is 0 Å². The first-order valence-electron chi connectivity index (χ1n) is 4.46. The molecule has 2 rings (SSSR count). The molecule has 0 fully saturated rings. The molecule has 0 unspecified atom stereocenters. The van der Waals surface area contributed by atoms with Gasteiger partial charge in [0.1, 0.15) is 11.5 Å². The van der Waals surface area contributed by atoms with E-state index in [0.29, 0.717) is 5.02 Å². The second kappa shape index (κ2) is 6.58. The van der Waals surface area contributed by atoms with Gasteiger partial charge in [0.2, 0.25) is 0 Å². The first kappa shape index (κ1) is 13.9. The Morgan fingerprint density at radius 3 is 1.75 bits per heavy atom. The van der Waals surface area contributed by atoms with Crippen LogP contribution in [0.2, 0.25) is 5.02 Å². The van der Waals surface area contributed by atoms with Crippen LogP contribution in [0, 0.1) is 0 Å². The van der Waals surface area contributed by atoms with Crippen LogP contribution in [0.3, 0.4) is 0 Å². The summed E-state index contributed by atoms with van der Waals surface area (Å²) in [7, 11) is 0. The second-order valence-electron chi connectivity index (χ2n) is 3.05. The summed E-state index contributed by atoms with van der Waals surface area (Å²) in [4.78, 5) is 0.915. The first-order chi connectivity index (χ1) is 7.24. The zero-order valence-electron chi connectivity index (χ0n) is 8.85. The Morgan fingerprint density at radius 1 is 0.812 bits per heavy atom. The van der Waals surface area contributed by atoms with Gasteiger partial charge in [0.15, 0.2) is 0 Å². The summed E-state index contributed by atoms with van der Waals surface area (Å²) >= 11 is 9.97. The molecule has 0 saturated heterocycles. The van der Waals surface area contributed by atoms with Gasteiger partial charge < -0.3 is 4.74 Å². The molecule has 0 amide bonds. The van der Waals surface area contributed by atoms with Crippen molar-refractivity contribution in [3.8, 4) is 11.5 Å². The number of benzene rings is 2. The molecule has 1 nitrogen and oxygen atoms in total. The average molecular weight is 260 g/mol. The van der Waals surface area contributed by atoms with Crippen LogP contribution in [0.1, 0.15) is 0 Å². The first-order valence-corrected chi connectivity index (χ1v) is 5.29. The minimum absolute atomic E-state index is 0. The molecule has 0 aliphatic carbocycles. The molecular formula is C12H9ClNaOS. The van der Waals surface area contributed by atoms with Crippen LogP contribution in [0.25, 0.3) is 0 Å². The molecule has 0 N–H and O–H groups in total. The molecule has 4 heteroatoms. The van der Waals surface area contributed by atoms with Gasteiger partial charge in [0, 0.05) is 39.5 Å². The quantitative estimate of drug-likeness (QED) is 0.633. The molecule has 0 spiro atoms. The van der Waals surface area contributed by atoms with Crippen LogP contribution in [0.15, 0.2) is 53.4 Å². The molecule has 2 aromatic rings. The zero-order valence-corrected chi connectivity index (χ0v) is 12.5. The third-order valence-electron chi connectivity index (χ3n) is 1.89. The summed E-state index contributed by atoms with van der Waals surface area (Å²) in [5.41, 5.74) is 0. The number of hydrogen-bond acceptors (Lipinski definition) is 2. The van der Waals surface area contributed by atoms with Crippen molar-refractivity contribution in [2.24, 2.45) is 0 Å². The molecule has 1 radical (unpaired) electrons. The van der Waals surface area contributed by atoms with Crippen molar-refractivity contribution >= 4 is 53.8 Å². The molecule has 0 aliphatic rings. The van der Waals surface area contributed by atoms with E-state index in [4.69, 9.17) is 16.3 Å². The third kappa shape index (κ3) is 4.04. The minimum atomic E-state index is 0. The van der Waals surface area contributed by atoms with Crippen molar-refractivity contribution < 1.29 is 4.74 Å². The monoisotopic (exact) mass is 259 g/mol. The fraction of sp³-hybridized carbons (Fsp3) is 0. The molecule has 0 saturated carbocycles. The van der Waals surface area contributed by atoms with Gasteiger partial charge in [-0.25, -0.2) is 0 Å². The predicted molar refractivity (Wildman–Crippen MR) is 71.0 cm³/mol. The van der Waals surface area contributed by atoms with Crippen LogP contribution in [0.5, 0.6) is 11.5 Å². The molecular weight excluding hydrogens is 251 g/mol. The van der Waals surface area contributed by atoms with Crippen LogP contribution in [0.4, 0.5) is 0 Å². The van der Waals surface area contributed by atoms with Crippen molar-refractivity contribution in [2.75, 3.05) is 0 Å². The zero-order chi connectivity index (χ0) is 10.7. The summed E-state index contributed by atoms with van der Waals surface area (Å²) in [5.74, 6) is 1.56. The Hall–Kier alpha value is -0.120. The largest absolute Gasteiger partial charge is 0.457 e. The van der Waals surface area contributed by atoms with Crippen molar-refractivity contribution in [3.63, 3.8) is 0 Å². The number of hydrogen-bond donors (Lipinski definition) is 1. The third-order valence-corrected chi connectivity index (χ3v) is 2.44. The van der Waals surface area contributed by atoms with Crippen LogP contribution in [-0.4, -0.2) is 29.6 Å². The van der Waals surface area contributed by atoms with Crippen molar-refractivity contribution in [1.82, 2.24) is 0 Å². The number of ether oxygens (including phenoxy) is 1. The number of thiol groups is 1. The smallest absolute Gasteiger partial charge is 0.127 e. The van der Waals surface area contributed by atoms with Crippen LogP contribution in [-0.2, 0) is 0 Å². The Labute approximate surface area is 127 Å². The molecule has 2 aromatic carbocycles. The topological polar surface area (TPSA) is 9.23 Å². The van der Waals surface area contributed by atoms with Crippen molar-refractivity contribution in [2.45, 2.75) is 4.90 Å². The van der Waals surface area contributed by atoms with Gasteiger partial charge >= 0.3 is 0 Å². The van der Waals surface area contributed by atoms with Crippen molar-refractivity contribution in [1.29, 1.82) is 0 Å². The molecule has 0 bridgehead atoms. The Kier molecular flexibility index (Phi) is 5.73. The van der Waals surface area contributed by atoms with E-state index in [1.54, 1.807) is 12.1 Å². The van der Waals surface area contributed by atoms with Crippen molar-refractivity contribution in [3.05, 3.63) is 53.6 Å². The maximum atomic E-state index is 5.77. The molecule has 16 heavy (non-hydrogen) atoms. The van der Waals surface area contributed by atoms with Gasteiger partial charge in [0.25, 0.3) is 0 Å². The van der Waals surface area contributed by atoms with Gasteiger partial charge in [-0.2, -0.15) is 0 Å². The maximum absolute atomic E-state index is 5.77. The Balaban J connectivity index is 0.00000128. The van der Waals surface area contributed by atoms with Gasteiger partial charge in [-0.1, -0.05) is 11.6 Å². The summed E-state index contributed by atoms with van der Waals surface area (Å²) in [6, 6.07) is 14.8. The molecule has 0 aromatic heterocycles. The minimum Gasteiger partial charge on any atom is -0.457 e. The maximum Gasteiger partial charge on any atom is 0.127 e. The Bertz CT molecular complexity index is 398. The molecule has 0 heterocycles. The van der Waals surface area contributed by atoms with E-state index in [1.165, 1.54) is 0 Å². The summed E-state index contributed by atoms with van der Waals surface area (Å²) < 4.78 is 5.60. The van der Waals surface area contributed by atoms with E-state index in [0.717, 1.165) is 16.4 Å². The fourth-order valence-electron chi connectivity index (χ4n) is 1.15. The van der Waals surface area contributed by atoms with Gasteiger partial charge in [0.05, 0.1) is 0 Å². The van der Waals surface area contributed by atoms with E-state index in [-0.39, 0.29) is 29.6 Å². The Morgan fingerprint density at radius 2 is 1.25 bits per heavy atom. The normalized spacial score (nSPS) is 9.38. The fourth-order valence-corrected chi connectivity index (χ4v) is 1.43. The second-order valence-corrected chi connectivity index (χ2v) is 4.00. The summed E-state index contributed by atoms with van der Waals surface area (Å²) in [5, 5.41) is 0.702. The molecule has 0 aliphatic heterocycles. The molecule has 0 atom stereocenters. The SMILES string of the molecule is Sc1ccc(Oc2ccc(Cl)cc2)cc1.[Na]. The van der Waals surface area contributed by atoms with E-state index in [2.05, 4.69) is 12.6 Å². The van der Waals surface area contributed by atoms with E-state index < -0.39 is 0 Å². The standard InChI is InChI=1S/C12H9ClOS.Na/c13-9-1-3-10(4-2-9)14-11-5-7-12(15)8-6-11;/h1-8,15H;. The summed E-state index contributed by atoms with van der Waals surface area (Å²) in [6.07, 6.45) is 0. The van der Waals surface area contributed by atoms with Gasteiger partial charge in [-0.15, -0.1) is 12.6 Å². The number of halogens is 1.